The van der Waals surface area contributed by atoms with E-state index in [4.69, 9.17) is 0 Å². The van der Waals surface area contributed by atoms with Gasteiger partial charge in [-0.05, 0) is 29.8 Å². The molecule has 19 heavy (non-hydrogen) atoms. The molecule has 1 N–H and O–H groups in total. The highest BCUT2D eigenvalue weighted by molar-refractivity contribution is 5.86. The van der Waals surface area contributed by atoms with Gasteiger partial charge in [-0.25, -0.2) is 0 Å². The fourth-order valence-electron chi connectivity index (χ4n) is 1.43. The fourth-order valence-corrected chi connectivity index (χ4v) is 1.43. The minimum absolute atomic E-state index is 0. The number of nitrogens with zero attached hydrogens (tertiary/aromatic N) is 1. The maximum Gasteiger partial charge on any atom is 0.150 e. The van der Waals surface area contributed by atoms with Crippen LogP contribution >= 0.6 is 37.2 Å². The Morgan fingerprint density at radius 3 is 2.37 bits per heavy atom. The second-order valence-electron chi connectivity index (χ2n) is 3.45. The number of halogens is 3. The van der Waals surface area contributed by atoms with E-state index in [-0.39, 0.29) is 37.2 Å². The van der Waals surface area contributed by atoms with Crippen LogP contribution in [0.25, 0.3) is 0 Å². The molecule has 0 aliphatic carbocycles. The number of hydrogen-bond acceptors (Lipinski definition) is 3. The molecule has 104 valence electrons. The first-order valence-electron chi connectivity index (χ1n) is 5.06. The molecule has 0 atom stereocenters. The minimum atomic E-state index is 0. The van der Waals surface area contributed by atoms with Crippen LogP contribution in [0.5, 0.6) is 0 Å². The highest BCUT2D eigenvalue weighted by Gasteiger charge is 1.95. The standard InChI is InChI=1S/C13H12N2O.3ClH/c16-10-12-2-1-3-13(8-12)15-9-11-4-6-14-7-5-11;;;/h1-8,10,15H,9H2;3*1H. The number of rotatable bonds is 4. The van der Waals surface area contributed by atoms with Crippen LogP contribution < -0.4 is 5.32 Å². The first-order chi connectivity index (χ1) is 7.88. The minimum Gasteiger partial charge on any atom is -0.381 e. The molecule has 1 heterocycles. The van der Waals surface area contributed by atoms with Crippen molar-refractivity contribution in [2.45, 2.75) is 6.54 Å². The van der Waals surface area contributed by atoms with Crippen molar-refractivity contribution in [1.29, 1.82) is 0 Å². The van der Waals surface area contributed by atoms with E-state index in [1.54, 1.807) is 18.5 Å². The third-order valence-corrected chi connectivity index (χ3v) is 2.27. The van der Waals surface area contributed by atoms with Gasteiger partial charge in [0, 0.05) is 30.2 Å². The molecule has 0 unspecified atom stereocenters. The number of carbonyl (C=O) groups excluding carboxylic acids is 1. The molecule has 1 aromatic carbocycles. The summed E-state index contributed by atoms with van der Waals surface area (Å²) in [5, 5.41) is 3.25. The second kappa shape index (κ2) is 10.6. The molecule has 1 aromatic heterocycles. The molecule has 2 aromatic rings. The van der Waals surface area contributed by atoms with E-state index >= 15 is 0 Å². The molecule has 0 spiro atoms. The average molecular weight is 322 g/mol. The summed E-state index contributed by atoms with van der Waals surface area (Å²) < 4.78 is 0. The Balaban J connectivity index is 0. The highest BCUT2D eigenvalue weighted by Crippen LogP contribution is 2.10. The van der Waals surface area contributed by atoms with Gasteiger partial charge in [0.25, 0.3) is 0 Å². The summed E-state index contributed by atoms with van der Waals surface area (Å²) in [5.74, 6) is 0. The molecule has 0 saturated carbocycles. The average Bonchev–Trinajstić information content (AvgIpc) is 2.38. The maximum absolute atomic E-state index is 10.6. The number of hydrogen-bond donors (Lipinski definition) is 1. The molecule has 0 saturated heterocycles. The van der Waals surface area contributed by atoms with E-state index in [2.05, 4.69) is 10.3 Å². The van der Waals surface area contributed by atoms with Gasteiger partial charge >= 0.3 is 0 Å². The molecule has 3 nitrogen and oxygen atoms in total. The molecule has 6 heteroatoms. The molecular weight excluding hydrogens is 307 g/mol. The van der Waals surface area contributed by atoms with E-state index < -0.39 is 0 Å². The number of benzene rings is 1. The Kier molecular flexibility index (Phi) is 11.2. The van der Waals surface area contributed by atoms with E-state index in [9.17, 15) is 4.79 Å². The largest absolute Gasteiger partial charge is 0.381 e. The number of pyridine rings is 1. The molecule has 0 amide bonds. The normalized spacial score (nSPS) is 8.21. The van der Waals surface area contributed by atoms with E-state index in [1.165, 1.54) is 0 Å². The van der Waals surface area contributed by atoms with Crippen LogP contribution in [0.3, 0.4) is 0 Å². The van der Waals surface area contributed by atoms with Crippen LogP contribution in [0.1, 0.15) is 15.9 Å². The molecular formula is C13H15Cl3N2O. The van der Waals surface area contributed by atoms with Crippen LogP contribution in [-0.4, -0.2) is 11.3 Å². The number of carbonyl (C=O) groups is 1. The molecule has 0 radical (unpaired) electrons. The van der Waals surface area contributed by atoms with Crippen LogP contribution in [0.4, 0.5) is 5.69 Å². The zero-order valence-corrected chi connectivity index (χ0v) is 12.4. The van der Waals surface area contributed by atoms with Gasteiger partial charge in [0.15, 0.2) is 0 Å². The lowest BCUT2D eigenvalue weighted by Gasteiger charge is -2.06. The van der Waals surface area contributed by atoms with Gasteiger partial charge < -0.3 is 5.32 Å². The number of anilines is 1. The van der Waals surface area contributed by atoms with Crippen LogP contribution in [0.2, 0.25) is 0 Å². The zero-order chi connectivity index (χ0) is 11.2. The van der Waals surface area contributed by atoms with Gasteiger partial charge in [0.2, 0.25) is 0 Å². The Morgan fingerprint density at radius 2 is 1.74 bits per heavy atom. The summed E-state index contributed by atoms with van der Waals surface area (Å²) in [4.78, 5) is 14.6. The summed E-state index contributed by atoms with van der Waals surface area (Å²) >= 11 is 0. The lowest BCUT2D eigenvalue weighted by molar-refractivity contribution is 0.112. The Bertz CT molecular complexity index is 480. The van der Waals surface area contributed by atoms with Gasteiger partial charge in [-0.3, -0.25) is 9.78 Å². The van der Waals surface area contributed by atoms with Gasteiger partial charge in [0.05, 0.1) is 0 Å². The SMILES string of the molecule is Cl.Cl.Cl.O=Cc1cccc(NCc2ccncc2)c1. The smallest absolute Gasteiger partial charge is 0.150 e. The summed E-state index contributed by atoms with van der Waals surface area (Å²) in [7, 11) is 0. The third-order valence-electron chi connectivity index (χ3n) is 2.27. The summed E-state index contributed by atoms with van der Waals surface area (Å²) in [6.07, 6.45) is 4.37. The van der Waals surface area contributed by atoms with Gasteiger partial charge in [-0.15, -0.1) is 37.2 Å². The summed E-state index contributed by atoms with van der Waals surface area (Å²) in [6.45, 7) is 0.727. The van der Waals surface area contributed by atoms with Crippen molar-refractivity contribution >= 4 is 49.2 Å². The van der Waals surface area contributed by atoms with Crippen LogP contribution in [0.15, 0.2) is 48.8 Å². The van der Waals surface area contributed by atoms with Crippen molar-refractivity contribution < 1.29 is 4.79 Å². The molecule has 0 bridgehead atoms. The van der Waals surface area contributed by atoms with Gasteiger partial charge in [-0.2, -0.15) is 0 Å². The van der Waals surface area contributed by atoms with Crippen molar-refractivity contribution in [2.24, 2.45) is 0 Å². The topological polar surface area (TPSA) is 42.0 Å². The Labute approximate surface area is 131 Å². The van der Waals surface area contributed by atoms with Crippen molar-refractivity contribution in [1.82, 2.24) is 4.98 Å². The lowest BCUT2D eigenvalue weighted by Crippen LogP contribution is -1.99. The molecule has 0 fully saturated rings. The predicted octanol–water partition coefficient (Wildman–Crippen LogP) is 3.77. The van der Waals surface area contributed by atoms with Crippen LogP contribution in [0, 0.1) is 0 Å². The summed E-state index contributed by atoms with van der Waals surface area (Å²) in [5.41, 5.74) is 2.78. The number of nitrogens with one attached hydrogen (secondary N) is 1. The fraction of sp³-hybridized carbons (Fsp3) is 0.0769. The first kappa shape index (κ1) is 20.0. The Morgan fingerprint density at radius 1 is 1.05 bits per heavy atom. The van der Waals surface area contributed by atoms with Crippen molar-refractivity contribution in [3.63, 3.8) is 0 Å². The molecule has 0 aliphatic heterocycles. The number of aromatic nitrogens is 1. The maximum atomic E-state index is 10.6. The van der Waals surface area contributed by atoms with Crippen LogP contribution in [-0.2, 0) is 6.54 Å². The first-order valence-corrected chi connectivity index (χ1v) is 5.06. The quantitative estimate of drug-likeness (QED) is 0.872. The van der Waals surface area contributed by atoms with E-state index in [0.29, 0.717) is 5.56 Å². The zero-order valence-electron chi connectivity index (χ0n) is 9.98. The number of aldehydes is 1. The second-order valence-corrected chi connectivity index (χ2v) is 3.45. The van der Waals surface area contributed by atoms with E-state index in [0.717, 1.165) is 24.1 Å². The molecule has 0 aliphatic rings. The van der Waals surface area contributed by atoms with Gasteiger partial charge in [0.1, 0.15) is 6.29 Å². The van der Waals surface area contributed by atoms with E-state index in [1.807, 2.05) is 30.3 Å². The van der Waals surface area contributed by atoms with Crippen molar-refractivity contribution in [3.05, 3.63) is 59.9 Å². The van der Waals surface area contributed by atoms with Gasteiger partial charge in [-0.1, -0.05) is 12.1 Å². The summed E-state index contributed by atoms with van der Waals surface area (Å²) in [6, 6.07) is 11.3. The lowest BCUT2D eigenvalue weighted by atomic mass is 10.2. The third kappa shape index (κ3) is 6.43. The van der Waals surface area contributed by atoms with Crippen molar-refractivity contribution in [2.75, 3.05) is 5.32 Å². The molecule has 2 rings (SSSR count). The van der Waals surface area contributed by atoms with Crippen molar-refractivity contribution in [3.8, 4) is 0 Å². The monoisotopic (exact) mass is 320 g/mol. The highest BCUT2D eigenvalue weighted by atomic mass is 35.5. The predicted molar refractivity (Wildman–Crippen MR) is 85.1 cm³/mol. The Hall–Kier alpha value is -1.29.